The van der Waals surface area contributed by atoms with Crippen molar-refractivity contribution in [3.8, 4) is 11.5 Å². The Hall–Kier alpha value is -3.70. The zero-order valence-electron chi connectivity index (χ0n) is 15.9. The molecule has 0 saturated carbocycles. The number of amides is 2. The van der Waals surface area contributed by atoms with Crippen molar-refractivity contribution in [2.24, 2.45) is 4.99 Å². The van der Waals surface area contributed by atoms with E-state index in [9.17, 15) is 32.5 Å². The van der Waals surface area contributed by atoms with Gasteiger partial charge in [-0.05, 0) is 12.5 Å². The number of rotatable bonds is 5. The van der Waals surface area contributed by atoms with E-state index >= 15 is 0 Å². The minimum atomic E-state index is -1.77. The summed E-state index contributed by atoms with van der Waals surface area (Å²) in [4.78, 5) is 25.4. The topological polar surface area (TPSA) is 103 Å². The Balaban J connectivity index is 2.62. The lowest BCUT2D eigenvalue weighted by atomic mass is 10.1. The summed E-state index contributed by atoms with van der Waals surface area (Å²) in [5.41, 5.74) is -1.75. The van der Waals surface area contributed by atoms with Crippen LogP contribution in [0.15, 0.2) is 23.2 Å². The van der Waals surface area contributed by atoms with E-state index < -0.39 is 62.9 Å². The number of carbonyl (C=O) groups excluding carboxylic acids is 1. The first kappa shape index (κ1) is 22.6. The quantitative estimate of drug-likeness (QED) is 0.191. The molecule has 2 aromatic rings. The summed E-state index contributed by atoms with van der Waals surface area (Å²) in [5, 5.41) is 13.4. The molecule has 0 aliphatic carbocycles. The van der Waals surface area contributed by atoms with Crippen molar-refractivity contribution in [2.75, 3.05) is 14.2 Å². The third-order valence-corrected chi connectivity index (χ3v) is 3.89. The molecule has 0 heterocycles. The van der Waals surface area contributed by atoms with Gasteiger partial charge in [-0.1, -0.05) is 6.92 Å². The standard InChI is InChI=1S/C18H15F4N3O5/c1-4-9-12(19)14(21)16(15(22)13(9)20)30-8-5-6-11(25(27)28)10(7-8)17(29-3)24-18(26)23-2/h5-7H,4H2,1-3H3,(H,23,26). The second-order valence-electron chi connectivity index (χ2n) is 5.63. The monoisotopic (exact) mass is 429 g/mol. The maximum Gasteiger partial charge on any atom is 0.343 e. The molecule has 8 nitrogen and oxygen atoms in total. The predicted octanol–water partition coefficient (Wildman–Crippen LogP) is 4.24. The molecule has 0 fully saturated rings. The zero-order valence-corrected chi connectivity index (χ0v) is 15.9. The molecule has 2 aromatic carbocycles. The van der Waals surface area contributed by atoms with E-state index in [0.29, 0.717) is 0 Å². The number of methoxy groups -OCH3 is 1. The van der Waals surface area contributed by atoms with Crippen LogP contribution in [0.4, 0.5) is 28.0 Å². The lowest BCUT2D eigenvalue weighted by Crippen LogP contribution is -2.17. The molecule has 30 heavy (non-hydrogen) atoms. The van der Waals surface area contributed by atoms with Gasteiger partial charge in [0.25, 0.3) is 5.69 Å². The summed E-state index contributed by atoms with van der Waals surface area (Å²) < 4.78 is 66.2. The van der Waals surface area contributed by atoms with Crippen LogP contribution in [0.2, 0.25) is 0 Å². The molecule has 0 aromatic heterocycles. The molecule has 0 radical (unpaired) electrons. The highest BCUT2D eigenvalue weighted by atomic mass is 19.2. The SMILES string of the molecule is CCc1c(F)c(F)c(Oc2ccc([N+](=O)[O-])c(C(=NC(=O)NC)OC)c2)c(F)c1F. The van der Waals surface area contributed by atoms with Crippen LogP contribution in [-0.2, 0) is 11.2 Å². The molecule has 0 atom stereocenters. The molecule has 0 aliphatic rings. The Morgan fingerprint density at radius 2 is 1.77 bits per heavy atom. The summed E-state index contributed by atoms with van der Waals surface area (Å²) in [5.74, 6) is -9.08. The zero-order chi connectivity index (χ0) is 22.6. The summed E-state index contributed by atoms with van der Waals surface area (Å²) in [7, 11) is 2.33. The molecular formula is C18H15F4N3O5. The summed E-state index contributed by atoms with van der Waals surface area (Å²) >= 11 is 0. The number of nitro groups is 1. The highest BCUT2D eigenvalue weighted by molar-refractivity contribution is 6.04. The smallest absolute Gasteiger partial charge is 0.343 e. The van der Waals surface area contributed by atoms with E-state index in [1.54, 1.807) is 0 Å². The Morgan fingerprint density at radius 3 is 2.23 bits per heavy atom. The minimum Gasteiger partial charge on any atom is -0.480 e. The Bertz CT molecular complexity index is 1010. The van der Waals surface area contributed by atoms with Crippen LogP contribution in [0.25, 0.3) is 0 Å². The summed E-state index contributed by atoms with van der Waals surface area (Å²) in [6.07, 6.45) is -0.305. The summed E-state index contributed by atoms with van der Waals surface area (Å²) in [6, 6.07) is 1.80. The highest BCUT2D eigenvalue weighted by Crippen LogP contribution is 2.35. The van der Waals surface area contributed by atoms with Crippen molar-refractivity contribution >= 4 is 17.6 Å². The van der Waals surface area contributed by atoms with E-state index in [1.165, 1.54) is 14.0 Å². The van der Waals surface area contributed by atoms with Crippen molar-refractivity contribution in [1.82, 2.24) is 5.32 Å². The van der Waals surface area contributed by atoms with Gasteiger partial charge in [0.15, 0.2) is 11.6 Å². The molecule has 0 unspecified atom stereocenters. The van der Waals surface area contributed by atoms with Gasteiger partial charge >= 0.3 is 6.03 Å². The molecule has 0 spiro atoms. The fourth-order valence-electron chi connectivity index (χ4n) is 2.45. The predicted molar refractivity (Wildman–Crippen MR) is 96.8 cm³/mol. The average molecular weight is 429 g/mol. The van der Waals surface area contributed by atoms with Gasteiger partial charge in [0.1, 0.15) is 11.3 Å². The van der Waals surface area contributed by atoms with Gasteiger partial charge < -0.3 is 14.8 Å². The van der Waals surface area contributed by atoms with E-state index in [0.717, 1.165) is 25.3 Å². The number of nitro benzene ring substituents is 1. The molecule has 0 bridgehead atoms. The van der Waals surface area contributed by atoms with Gasteiger partial charge in [-0.25, -0.2) is 13.6 Å². The molecule has 160 valence electrons. The number of aliphatic imine (C=N–C) groups is 1. The van der Waals surface area contributed by atoms with Crippen molar-refractivity contribution in [2.45, 2.75) is 13.3 Å². The van der Waals surface area contributed by atoms with E-state index in [4.69, 9.17) is 9.47 Å². The van der Waals surface area contributed by atoms with E-state index in [1.807, 2.05) is 0 Å². The van der Waals surface area contributed by atoms with Crippen LogP contribution in [-0.4, -0.2) is 31.0 Å². The van der Waals surface area contributed by atoms with Gasteiger partial charge in [0, 0.05) is 24.7 Å². The first-order chi connectivity index (χ1) is 14.2. The Kier molecular flexibility index (Phi) is 6.93. The first-order valence-corrected chi connectivity index (χ1v) is 8.32. The van der Waals surface area contributed by atoms with Crippen molar-refractivity contribution < 1.29 is 36.8 Å². The maximum absolute atomic E-state index is 14.2. The fraction of sp³-hybridized carbons (Fsp3) is 0.222. The second-order valence-corrected chi connectivity index (χ2v) is 5.63. The van der Waals surface area contributed by atoms with Gasteiger partial charge in [0.2, 0.25) is 23.3 Å². The van der Waals surface area contributed by atoms with Gasteiger partial charge in [0.05, 0.1) is 12.0 Å². The van der Waals surface area contributed by atoms with Crippen LogP contribution in [0, 0.1) is 33.4 Å². The van der Waals surface area contributed by atoms with Gasteiger partial charge in [-0.15, -0.1) is 0 Å². The number of urea groups is 1. The molecular weight excluding hydrogens is 414 g/mol. The number of nitrogens with one attached hydrogen (secondary N) is 1. The lowest BCUT2D eigenvalue weighted by Gasteiger charge is -2.13. The number of benzene rings is 2. The van der Waals surface area contributed by atoms with E-state index in [-0.39, 0.29) is 12.0 Å². The van der Waals surface area contributed by atoms with Crippen LogP contribution in [0.1, 0.15) is 18.1 Å². The van der Waals surface area contributed by atoms with Crippen LogP contribution < -0.4 is 10.1 Å². The highest BCUT2D eigenvalue weighted by Gasteiger charge is 2.27. The molecule has 1 N–H and O–H groups in total. The average Bonchev–Trinajstić information content (AvgIpc) is 2.73. The third kappa shape index (κ3) is 4.31. The number of nitrogens with zero attached hydrogens (tertiary/aromatic N) is 2. The second kappa shape index (κ2) is 9.20. The van der Waals surface area contributed by atoms with Gasteiger partial charge in [-0.3, -0.25) is 10.1 Å². The van der Waals surface area contributed by atoms with Crippen molar-refractivity contribution in [3.63, 3.8) is 0 Å². The number of carbonyl (C=O) groups is 1. The Labute approximate surface area is 167 Å². The van der Waals surface area contributed by atoms with Crippen LogP contribution in [0.3, 0.4) is 0 Å². The van der Waals surface area contributed by atoms with Crippen LogP contribution >= 0.6 is 0 Å². The van der Waals surface area contributed by atoms with Crippen molar-refractivity contribution in [3.05, 3.63) is 62.7 Å². The minimum absolute atomic E-state index is 0.305. The number of ether oxygens (including phenoxy) is 2. The maximum atomic E-state index is 14.2. The van der Waals surface area contributed by atoms with Crippen LogP contribution in [0.5, 0.6) is 11.5 Å². The molecule has 0 aliphatic heterocycles. The van der Waals surface area contributed by atoms with Crippen molar-refractivity contribution in [1.29, 1.82) is 0 Å². The summed E-state index contributed by atoms with van der Waals surface area (Å²) in [6.45, 7) is 1.31. The Morgan fingerprint density at radius 1 is 1.17 bits per heavy atom. The van der Waals surface area contributed by atoms with Gasteiger partial charge in [-0.2, -0.15) is 13.8 Å². The molecule has 0 saturated heterocycles. The van der Waals surface area contributed by atoms with E-state index in [2.05, 4.69) is 10.3 Å². The molecule has 2 amide bonds. The lowest BCUT2D eigenvalue weighted by molar-refractivity contribution is -0.385. The third-order valence-electron chi connectivity index (χ3n) is 3.89. The molecule has 12 heteroatoms. The number of hydrogen-bond donors (Lipinski definition) is 1. The molecule has 2 rings (SSSR count). The fourth-order valence-corrected chi connectivity index (χ4v) is 2.45. The number of halogens is 4. The largest absolute Gasteiger partial charge is 0.480 e. The normalized spacial score (nSPS) is 11.2. The first-order valence-electron chi connectivity index (χ1n) is 8.32. The number of hydrogen-bond acceptors (Lipinski definition) is 5.